The van der Waals surface area contributed by atoms with Crippen molar-refractivity contribution < 1.29 is 4.74 Å². The zero-order valence-corrected chi connectivity index (χ0v) is 9.87. The van der Waals surface area contributed by atoms with Crippen LogP contribution in [-0.4, -0.2) is 6.10 Å². The minimum Gasteiger partial charge on any atom is -0.490 e. The molecule has 0 bridgehead atoms. The second kappa shape index (κ2) is 4.48. The van der Waals surface area contributed by atoms with Crippen molar-refractivity contribution in [1.29, 1.82) is 0 Å². The van der Waals surface area contributed by atoms with Crippen molar-refractivity contribution in [2.24, 2.45) is 0 Å². The summed E-state index contributed by atoms with van der Waals surface area (Å²) >= 11 is 0. The lowest BCUT2D eigenvalue weighted by Crippen LogP contribution is -2.11. The Hall–Kier alpha value is -0.980. The van der Waals surface area contributed by atoms with Gasteiger partial charge in [0.05, 0.1) is 6.10 Å². The molecule has 0 spiro atoms. The lowest BCUT2D eigenvalue weighted by molar-refractivity contribution is 0.209. The second-order valence-electron chi connectivity index (χ2n) is 5.16. The number of hydrogen-bond acceptors (Lipinski definition) is 1. The maximum absolute atomic E-state index is 6.04. The van der Waals surface area contributed by atoms with Crippen LogP contribution >= 0.6 is 0 Å². The van der Waals surface area contributed by atoms with Crippen LogP contribution in [0.3, 0.4) is 0 Å². The van der Waals surface area contributed by atoms with Gasteiger partial charge in [-0.05, 0) is 74.6 Å². The van der Waals surface area contributed by atoms with Gasteiger partial charge in [0, 0.05) is 0 Å². The van der Waals surface area contributed by atoms with Crippen LogP contribution in [0, 0.1) is 0 Å². The summed E-state index contributed by atoms with van der Waals surface area (Å²) in [5.41, 5.74) is 3.08. The van der Waals surface area contributed by atoms with Gasteiger partial charge in [0.1, 0.15) is 5.75 Å². The Morgan fingerprint density at radius 1 is 0.875 bits per heavy atom. The molecule has 1 nitrogen and oxygen atoms in total. The smallest absolute Gasteiger partial charge is 0.120 e. The molecular weight excluding hydrogens is 196 g/mol. The molecule has 0 N–H and O–H groups in total. The molecule has 1 saturated carbocycles. The molecule has 0 atom stereocenters. The van der Waals surface area contributed by atoms with Gasteiger partial charge in [-0.25, -0.2) is 0 Å². The van der Waals surface area contributed by atoms with Gasteiger partial charge in [-0.3, -0.25) is 0 Å². The summed E-state index contributed by atoms with van der Waals surface area (Å²) in [4.78, 5) is 0. The molecule has 1 fully saturated rings. The third kappa shape index (κ3) is 2.09. The highest BCUT2D eigenvalue weighted by molar-refractivity contribution is 5.37. The molecule has 1 aromatic carbocycles. The molecule has 0 radical (unpaired) electrons. The Morgan fingerprint density at radius 2 is 1.62 bits per heavy atom. The van der Waals surface area contributed by atoms with E-state index in [-0.39, 0.29) is 0 Å². The predicted molar refractivity (Wildman–Crippen MR) is 66.0 cm³/mol. The van der Waals surface area contributed by atoms with E-state index in [1.807, 2.05) is 0 Å². The summed E-state index contributed by atoms with van der Waals surface area (Å²) in [6.07, 6.45) is 10.9. The van der Waals surface area contributed by atoms with E-state index >= 15 is 0 Å². The second-order valence-corrected chi connectivity index (χ2v) is 5.16. The van der Waals surface area contributed by atoms with E-state index in [0.717, 1.165) is 5.75 Å². The maximum Gasteiger partial charge on any atom is 0.120 e. The normalized spacial score (nSPS) is 20.8. The molecule has 0 amide bonds. The quantitative estimate of drug-likeness (QED) is 0.728. The van der Waals surface area contributed by atoms with E-state index in [1.54, 1.807) is 5.56 Å². The number of aryl methyl sites for hydroxylation is 2. The lowest BCUT2D eigenvalue weighted by atomic mass is 9.92. The number of hydrogen-bond donors (Lipinski definition) is 0. The molecule has 0 saturated heterocycles. The Balaban J connectivity index is 1.74. The predicted octanol–water partition coefficient (Wildman–Crippen LogP) is 3.89. The van der Waals surface area contributed by atoms with E-state index in [1.165, 1.54) is 56.9 Å². The molecule has 3 rings (SSSR count). The highest BCUT2D eigenvalue weighted by Gasteiger charge is 2.17. The van der Waals surface area contributed by atoms with Gasteiger partial charge in [0.25, 0.3) is 0 Å². The van der Waals surface area contributed by atoms with Crippen molar-refractivity contribution >= 4 is 0 Å². The standard InChI is InChI=1S/C15H20O/c1-2-6-13-11-15(10-9-12(13)5-1)16-14-7-3-4-8-14/h9-11,14H,1-8H2. The van der Waals surface area contributed by atoms with Gasteiger partial charge < -0.3 is 4.74 Å². The summed E-state index contributed by atoms with van der Waals surface area (Å²) in [5, 5.41) is 0. The summed E-state index contributed by atoms with van der Waals surface area (Å²) in [6.45, 7) is 0. The van der Waals surface area contributed by atoms with Gasteiger partial charge in [-0.2, -0.15) is 0 Å². The molecule has 16 heavy (non-hydrogen) atoms. The van der Waals surface area contributed by atoms with Crippen LogP contribution in [-0.2, 0) is 12.8 Å². The Bertz CT molecular complexity index is 364. The van der Waals surface area contributed by atoms with Crippen LogP contribution in [0.25, 0.3) is 0 Å². The van der Waals surface area contributed by atoms with Gasteiger partial charge in [0.2, 0.25) is 0 Å². The van der Waals surface area contributed by atoms with E-state index in [2.05, 4.69) is 18.2 Å². The SMILES string of the molecule is c1cc2c(cc1OC1CCCC1)CCCC2. The Kier molecular flexibility index (Phi) is 2.86. The number of rotatable bonds is 2. The highest BCUT2D eigenvalue weighted by Crippen LogP contribution is 2.28. The zero-order chi connectivity index (χ0) is 10.8. The third-order valence-corrected chi connectivity index (χ3v) is 3.92. The highest BCUT2D eigenvalue weighted by atomic mass is 16.5. The van der Waals surface area contributed by atoms with E-state index in [4.69, 9.17) is 4.74 Å². The van der Waals surface area contributed by atoms with Gasteiger partial charge >= 0.3 is 0 Å². The number of fused-ring (bicyclic) bond motifs is 1. The van der Waals surface area contributed by atoms with E-state index in [9.17, 15) is 0 Å². The Morgan fingerprint density at radius 3 is 2.44 bits per heavy atom. The third-order valence-electron chi connectivity index (χ3n) is 3.92. The van der Waals surface area contributed by atoms with E-state index in [0.29, 0.717) is 6.10 Å². The minimum absolute atomic E-state index is 0.488. The number of ether oxygens (including phenoxy) is 1. The first-order chi connectivity index (χ1) is 7.92. The van der Waals surface area contributed by atoms with Gasteiger partial charge in [0.15, 0.2) is 0 Å². The molecule has 1 aromatic rings. The first-order valence-electron chi connectivity index (χ1n) is 6.70. The van der Waals surface area contributed by atoms with Crippen molar-refractivity contribution in [1.82, 2.24) is 0 Å². The van der Waals surface area contributed by atoms with Crippen LogP contribution in [0.2, 0.25) is 0 Å². The largest absolute Gasteiger partial charge is 0.490 e. The van der Waals surface area contributed by atoms with Crippen LogP contribution in [0.5, 0.6) is 5.75 Å². The fourth-order valence-electron chi connectivity index (χ4n) is 2.98. The summed E-state index contributed by atoms with van der Waals surface area (Å²) in [6, 6.07) is 6.73. The molecule has 0 aliphatic heterocycles. The summed E-state index contributed by atoms with van der Waals surface area (Å²) < 4.78 is 6.04. The Labute approximate surface area is 97.8 Å². The molecule has 86 valence electrons. The zero-order valence-electron chi connectivity index (χ0n) is 9.87. The van der Waals surface area contributed by atoms with Crippen molar-refractivity contribution in [2.75, 3.05) is 0 Å². The summed E-state index contributed by atoms with van der Waals surface area (Å²) in [7, 11) is 0. The monoisotopic (exact) mass is 216 g/mol. The fourth-order valence-corrected chi connectivity index (χ4v) is 2.98. The molecule has 2 aliphatic rings. The molecule has 0 heterocycles. The fraction of sp³-hybridized carbons (Fsp3) is 0.600. The van der Waals surface area contributed by atoms with Crippen molar-refractivity contribution in [3.8, 4) is 5.75 Å². The van der Waals surface area contributed by atoms with Crippen LogP contribution in [0.1, 0.15) is 49.7 Å². The average Bonchev–Trinajstić information content (AvgIpc) is 2.82. The average molecular weight is 216 g/mol. The lowest BCUT2D eigenvalue weighted by Gasteiger charge is -2.18. The van der Waals surface area contributed by atoms with Crippen molar-refractivity contribution in [2.45, 2.75) is 57.5 Å². The molecule has 1 heteroatoms. The summed E-state index contributed by atoms with van der Waals surface area (Å²) in [5.74, 6) is 1.10. The van der Waals surface area contributed by atoms with Gasteiger partial charge in [-0.1, -0.05) is 6.07 Å². The topological polar surface area (TPSA) is 9.23 Å². The molecule has 0 unspecified atom stereocenters. The first-order valence-corrected chi connectivity index (χ1v) is 6.70. The molecule has 2 aliphatic carbocycles. The number of benzene rings is 1. The maximum atomic E-state index is 6.04. The van der Waals surface area contributed by atoms with Crippen LogP contribution in [0.4, 0.5) is 0 Å². The van der Waals surface area contributed by atoms with Crippen LogP contribution in [0.15, 0.2) is 18.2 Å². The van der Waals surface area contributed by atoms with Gasteiger partial charge in [-0.15, -0.1) is 0 Å². The van der Waals surface area contributed by atoms with Crippen molar-refractivity contribution in [3.05, 3.63) is 29.3 Å². The van der Waals surface area contributed by atoms with E-state index < -0.39 is 0 Å². The van der Waals surface area contributed by atoms with Crippen LogP contribution < -0.4 is 4.74 Å². The molecule has 0 aromatic heterocycles. The minimum atomic E-state index is 0.488. The van der Waals surface area contributed by atoms with Crippen molar-refractivity contribution in [3.63, 3.8) is 0 Å². The molecular formula is C15H20O. The first kappa shape index (κ1) is 10.2.